The lowest BCUT2D eigenvalue weighted by Crippen LogP contribution is -2.49. The third kappa shape index (κ3) is 4.69. The minimum atomic E-state index is -4.40. The van der Waals surface area contributed by atoms with E-state index in [1.165, 1.54) is 12.1 Å². The number of carbonyl (C=O) groups excluding carboxylic acids is 1. The Kier molecular flexibility index (Phi) is 6.21. The maximum Gasteiger partial charge on any atom is 0.416 e. The quantitative estimate of drug-likeness (QED) is 0.315. The Balaban J connectivity index is 1.28. The lowest BCUT2D eigenvalue weighted by atomic mass is 10.1. The highest BCUT2D eigenvalue weighted by Gasteiger charge is 2.32. The standard InChI is InChI=1S/C30H26F3N3O3/c1-20-25(29(37)35-14-12-34(13-15-35)23-9-5-8-22(16-23)30(31,32)33)18-26(21-6-3-2-4-7-21)36(20)24-10-11-27-28(17-24)39-19-38-27/h2-11,16-18H,12-15,19H2,1H3. The van der Waals surface area contributed by atoms with Gasteiger partial charge in [0.15, 0.2) is 11.5 Å². The molecular formula is C30H26F3N3O3. The SMILES string of the molecule is Cc1c(C(=O)N2CCN(c3cccc(C(F)(F)F)c3)CC2)cc(-c2ccccc2)n1-c1ccc2c(c1)OCO2. The summed E-state index contributed by atoms with van der Waals surface area (Å²) in [6.45, 7) is 3.80. The molecule has 4 aromatic rings. The molecule has 6 nitrogen and oxygen atoms in total. The van der Waals surface area contributed by atoms with Crippen molar-refractivity contribution in [2.45, 2.75) is 13.1 Å². The summed E-state index contributed by atoms with van der Waals surface area (Å²) in [5, 5.41) is 0. The molecule has 0 radical (unpaired) electrons. The monoisotopic (exact) mass is 533 g/mol. The maximum atomic E-state index is 13.8. The zero-order valence-electron chi connectivity index (χ0n) is 21.2. The molecule has 0 aliphatic carbocycles. The van der Waals surface area contributed by atoms with Gasteiger partial charge in [-0.15, -0.1) is 0 Å². The number of ether oxygens (including phenoxy) is 2. The summed E-state index contributed by atoms with van der Waals surface area (Å²) in [4.78, 5) is 17.4. The Bertz CT molecular complexity index is 1520. The Labute approximate surface area is 223 Å². The number of hydrogen-bond acceptors (Lipinski definition) is 4. The van der Waals surface area contributed by atoms with Gasteiger partial charge >= 0.3 is 6.18 Å². The van der Waals surface area contributed by atoms with Gasteiger partial charge in [0.1, 0.15) is 0 Å². The van der Waals surface area contributed by atoms with Crippen molar-refractivity contribution in [1.29, 1.82) is 0 Å². The molecule has 3 aromatic carbocycles. The fraction of sp³-hybridized carbons (Fsp3) is 0.233. The molecule has 9 heteroatoms. The topological polar surface area (TPSA) is 46.9 Å². The van der Waals surface area contributed by atoms with Crippen LogP contribution in [0.4, 0.5) is 18.9 Å². The summed E-state index contributed by atoms with van der Waals surface area (Å²) in [5.74, 6) is 1.23. The smallest absolute Gasteiger partial charge is 0.416 e. The lowest BCUT2D eigenvalue weighted by Gasteiger charge is -2.36. The second-order valence-electron chi connectivity index (χ2n) is 9.59. The highest BCUT2D eigenvalue weighted by atomic mass is 19.4. The van der Waals surface area contributed by atoms with Crippen LogP contribution in [0.15, 0.2) is 78.9 Å². The highest BCUT2D eigenvalue weighted by Crippen LogP contribution is 2.37. The molecule has 200 valence electrons. The second kappa shape index (κ2) is 9.72. The first-order valence-electron chi connectivity index (χ1n) is 12.7. The molecule has 6 rings (SSSR count). The van der Waals surface area contributed by atoms with Gasteiger partial charge in [0.2, 0.25) is 6.79 Å². The van der Waals surface area contributed by atoms with Gasteiger partial charge in [-0.25, -0.2) is 0 Å². The first-order valence-corrected chi connectivity index (χ1v) is 12.7. The van der Waals surface area contributed by atoms with Gasteiger partial charge in [0.25, 0.3) is 5.91 Å². The highest BCUT2D eigenvalue weighted by molar-refractivity contribution is 5.97. The summed E-state index contributed by atoms with van der Waals surface area (Å²) >= 11 is 0. The van der Waals surface area contributed by atoms with Crippen molar-refractivity contribution in [3.63, 3.8) is 0 Å². The van der Waals surface area contributed by atoms with Crippen LogP contribution in [-0.4, -0.2) is 48.3 Å². The molecule has 1 saturated heterocycles. The number of benzene rings is 3. The predicted octanol–water partition coefficient (Wildman–Crippen LogP) is 6.16. The van der Waals surface area contributed by atoms with Gasteiger partial charge in [0, 0.05) is 49.3 Å². The zero-order chi connectivity index (χ0) is 27.1. The van der Waals surface area contributed by atoms with Gasteiger partial charge in [0.05, 0.1) is 16.8 Å². The van der Waals surface area contributed by atoms with E-state index in [0.29, 0.717) is 48.9 Å². The molecule has 0 atom stereocenters. The van der Waals surface area contributed by atoms with Crippen molar-refractivity contribution in [1.82, 2.24) is 9.47 Å². The van der Waals surface area contributed by atoms with Crippen molar-refractivity contribution in [2.75, 3.05) is 37.9 Å². The van der Waals surface area contributed by atoms with Crippen LogP contribution in [0.25, 0.3) is 16.9 Å². The van der Waals surface area contributed by atoms with Gasteiger partial charge in [-0.2, -0.15) is 13.2 Å². The van der Waals surface area contributed by atoms with E-state index in [9.17, 15) is 18.0 Å². The Morgan fingerprint density at radius 3 is 2.28 bits per heavy atom. The van der Waals surface area contributed by atoms with Crippen LogP contribution < -0.4 is 14.4 Å². The molecule has 0 bridgehead atoms. The average Bonchev–Trinajstić information content (AvgIpc) is 3.56. The van der Waals surface area contributed by atoms with Crippen LogP contribution in [0.3, 0.4) is 0 Å². The van der Waals surface area contributed by atoms with E-state index in [0.717, 1.165) is 28.7 Å². The van der Waals surface area contributed by atoms with Crippen LogP contribution in [0, 0.1) is 6.92 Å². The number of aromatic nitrogens is 1. The summed E-state index contributed by atoms with van der Waals surface area (Å²) < 4.78 is 52.7. The largest absolute Gasteiger partial charge is 0.454 e. The molecule has 1 aromatic heterocycles. The van der Waals surface area contributed by atoms with E-state index in [-0.39, 0.29) is 12.7 Å². The molecule has 2 aliphatic rings. The number of rotatable bonds is 4. The normalized spacial score (nSPS) is 15.1. The van der Waals surface area contributed by atoms with E-state index in [4.69, 9.17) is 9.47 Å². The van der Waals surface area contributed by atoms with Crippen molar-refractivity contribution in [3.05, 3.63) is 95.7 Å². The molecule has 2 aliphatic heterocycles. The van der Waals surface area contributed by atoms with Crippen molar-refractivity contribution >= 4 is 11.6 Å². The third-order valence-electron chi connectivity index (χ3n) is 7.27. The predicted molar refractivity (Wildman–Crippen MR) is 142 cm³/mol. The molecule has 1 fully saturated rings. The lowest BCUT2D eigenvalue weighted by molar-refractivity contribution is -0.137. The van der Waals surface area contributed by atoms with Gasteiger partial charge < -0.3 is 23.8 Å². The number of hydrogen-bond donors (Lipinski definition) is 0. The molecule has 0 unspecified atom stereocenters. The Morgan fingerprint density at radius 1 is 0.795 bits per heavy atom. The van der Waals surface area contributed by atoms with E-state index in [1.54, 1.807) is 11.0 Å². The van der Waals surface area contributed by atoms with E-state index in [2.05, 4.69) is 0 Å². The molecular weight excluding hydrogens is 507 g/mol. The fourth-order valence-corrected chi connectivity index (χ4v) is 5.22. The fourth-order valence-electron chi connectivity index (χ4n) is 5.22. The van der Waals surface area contributed by atoms with Crippen molar-refractivity contribution in [2.24, 2.45) is 0 Å². The molecule has 0 saturated carbocycles. The molecule has 0 N–H and O–H groups in total. The van der Waals surface area contributed by atoms with E-state index >= 15 is 0 Å². The molecule has 3 heterocycles. The first kappa shape index (κ1) is 24.9. The number of carbonyl (C=O) groups is 1. The number of amides is 1. The van der Waals surface area contributed by atoms with Crippen LogP contribution in [-0.2, 0) is 6.18 Å². The molecule has 1 amide bonds. The van der Waals surface area contributed by atoms with E-state index in [1.807, 2.05) is 71.0 Å². The summed E-state index contributed by atoms with van der Waals surface area (Å²) in [6, 6.07) is 22.8. The number of piperazine rings is 1. The minimum absolute atomic E-state index is 0.104. The van der Waals surface area contributed by atoms with Crippen molar-refractivity contribution in [3.8, 4) is 28.4 Å². The second-order valence-corrected chi connectivity index (χ2v) is 9.59. The number of fused-ring (bicyclic) bond motifs is 1. The summed E-state index contributed by atoms with van der Waals surface area (Å²) in [7, 11) is 0. The number of alkyl halides is 3. The number of anilines is 1. The van der Waals surface area contributed by atoms with Crippen molar-refractivity contribution < 1.29 is 27.4 Å². The van der Waals surface area contributed by atoms with Gasteiger partial charge in [-0.1, -0.05) is 36.4 Å². The number of halogens is 3. The van der Waals surface area contributed by atoms with Gasteiger partial charge in [-0.05, 0) is 48.9 Å². The number of nitrogens with zero attached hydrogens (tertiary/aromatic N) is 3. The average molecular weight is 534 g/mol. The van der Waals surface area contributed by atoms with Gasteiger partial charge in [-0.3, -0.25) is 4.79 Å². The maximum absolute atomic E-state index is 13.8. The van der Waals surface area contributed by atoms with E-state index < -0.39 is 11.7 Å². The van der Waals surface area contributed by atoms with Crippen LogP contribution >= 0.6 is 0 Å². The molecule has 0 spiro atoms. The van der Waals surface area contributed by atoms with Crippen LogP contribution in [0.1, 0.15) is 21.6 Å². The third-order valence-corrected chi connectivity index (χ3v) is 7.27. The summed E-state index contributed by atoms with van der Waals surface area (Å²) in [5.41, 5.74) is 3.89. The summed E-state index contributed by atoms with van der Waals surface area (Å²) in [6.07, 6.45) is -4.40. The first-order chi connectivity index (χ1) is 18.8. The minimum Gasteiger partial charge on any atom is -0.454 e. The Hall–Kier alpha value is -4.40. The molecule has 39 heavy (non-hydrogen) atoms. The zero-order valence-corrected chi connectivity index (χ0v) is 21.2. The Morgan fingerprint density at radius 2 is 1.54 bits per heavy atom. The van der Waals surface area contributed by atoms with Crippen LogP contribution in [0.2, 0.25) is 0 Å². The van der Waals surface area contributed by atoms with Crippen LogP contribution in [0.5, 0.6) is 11.5 Å².